The van der Waals surface area contributed by atoms with Gasteiger partial charge in [-0.15, -0.1) is 0 Å². The summed E-state index contributed by atoms with van der Waals surface area (Å²) >= 11 is 12.6. The molecule has 1 N–H and O–H groups in total. The summed E-state index contributed by atoms with van der Waals surface area (Å²) < 4.78 is 1.59. The van der Waals surface area contributed by atoms with Crippen molar-refractivity contribution in [1.29, 1.82) is 0 Å². The van der Waals surface area contributed by atoms with Crippen LogP contribution in [0.4, 0.5) is 5.69 Å². The largest absolute Gasteiger partial charge is 0.322 e. The zero-order valence-electron chi connectivity index (χ0n) is 10.0. The number of hydrogen-bond acceptors (Lipinski definition) is 1. The molecule has 2 aromatic carbocycles. The zero-order chi connectivity index (χ0) is 14.0. The molecule has 0 aliphatic carbocycles. The summed E-state index contributed by atoms with van der Waals surface area (Å²) in [7, 11) is 0. The number of hydrogen-bond donors (Lipinski definition) is 1. The van der Waals surface area contributed by atoms with Crippen LogP contribution in [0.1, 0.15) is 15.9 Å². The molecule has 0 fully saturated rings. The molecule has 0 saturated heterocycles. The molecule has 0 aliphatic rings. The lowest BCUT2D eigenvalue weighted by molar-refractivity contribution is 0.102. The number of benzene rings is 2. The highest BCUT2D eigenvalue weighted by Crippen LogP contribution is 2.25. The Kier molecular flexibility index (Phi) is 4.66. The van der Waals surface area contributed by atoms with Gasteiger partial charge in [-0.2, -0.15) is 0 Å². The van der Waals surface area contributed by atoms with Crippen LogP contribution in [0.25, 0.3) is 0 Å². The van der Waals surface area contributed by atoms with Crippen LogP contribution in [0.2, 0.25) is 5.02 Å². The average Bonchev–Trinajstić information content (AvgIpc) is 2.33. The van der Waals surface area contributed by atoms with E-state index in [-0.39, 0.29) is 5.91 Å². The van der Waals surface area contributed by atoms with Gasteiger partial charge in [-0.25, -0.2) is 0 Å². The van der Waals surface area contributed by atoms with Gasteiger partial charge in [0, 0.05) is 19.7 Å². The van der Waals surface area contributed by atoms with Crippen LogP contribution in [-0.4, -0.2) is 5.91 Å². The molecule has 2 aromatic rings. The molecular formula is C14H10Br2ClNO. The van der Waals surface area contributed by atoms with E-state index in [0.717, 1.165) is 15.7 Å². The number of aryl methyl sites for hydroxylation is 1. The zero-order valence-corrected chi connectivity index (χ0v) is 13.9. The van der Waals surface area contributed by atoms with Crippen molar-refractivity contribution < 1.29 is 4.79 Å². The molecule has 19 heavy (non-hydrogen) atoms. The third-order valence-electron chi connectivity index (χ3n) is 2.62. The highest BCUT2D eigenvalue weighted by molar-refractivity contribution is 9.10. The number of halogens is 3. The van der Waals surface area contributed by atoms with Gasteiger partial charge in [0.2, 0.25) is 0 Å². The molecule has 2 rings (SSSR count). The summed E-state index contributed by atoms with van der Waals surface area (Å²) in [6.45, 7) is 1.94. The second-order valence-corrected chi connectivity index (χ2v) is 6.24. The number of anilines is 1. The molecule has 0 aromatic heterocycles. The first-order chi connectivity index (χ1) is 8.97. The number of carbonyl (C=O) groups excluding carboxylic acids is 1. The van der Waals surface area contributed by atoms with Gasteiger partial charge in [0.15, 0.2) is 0 Å². The van der Waals surface area contributed by atoms with Crippen LogP contribution < -0.4 is 5.32 Å². The van der Waals surface area contributed by atoms with Crippen molar-refractivity contribution >= 4 is 55.1 Å². The van der Waals surface area contributed by atoms with Crippen LogP contribution in [-0.2, 0) is 0 Å². The van der Waals surface area contributed by atoms with Crippen molar-refractivity contribution in [3.8, 4) is 0 Å². The van der Waals surface area contributed by atoms with Crippen molar-refractivity contribution in [2.75, 3.05) is 5.32 Å². The topological polar surface area (TPSA) is 29.1 Å². The van der Waals surface area contributed by atoms with E-state index in [0.29, 0.717) is 15.1 Å². The molecule has 0 saturated carbocycles. The second kappa shape index (κ2) is 6.07. The van der Waals surface area contributed by atoms with Gasteiger partial charge in [0.05, 0.1) is 5.56 Å². The summed E-state index contributed by atoms with van der Waals surface area (Å²) in [5, 5.41) is 3.47. The van der Waals surface area contributed by atoms with E-state index in [1.54, 1.807) is 18.2 Å². The van der Waals surface area contributed by atoms with E-state index in [1.165, 1.54) is 0 Å². The van der Waals surface area contributed by atoms with Crippen LogP contribution in [0.3, 0.4) is 0 Å². The summed E-state index contributed by atoms with van der Waals surface area (Å²) in [5.74, 6) is -0.176. The first-order valence-corrected chi connectivity index (χ1v) is 7.46. The predicted molar refractivity (Wildman–Crippen MR) is 86.0 cm³/mol. The fourth-order valence-electron chi connectivity index (χ4n) is 1.59. The molecule has 0 unspecified atom stereocenters. The van der Waals surface area contributed by atoms with Crippen LogP contribution in [0.5, 0.6) is 0 Å². The van der Waals surface area contributed by atoms with Crippen LogP contribution >= 0.6 is 43.5 Å². The SMILES string of the molecule is Cc1ccc(Br)cc1NC(=O)c1ccc(Cl)cc1Br. The number of carbonyl (C=O) groups is 1. The van der Waals surface area contributed by atoms with Gasteiger partial charge in [-0.3, -0.25) is 4.79 Å². The lowest BCUT2D eigenvalue weighted by Crippen LogP contribution is -2.13. The Morgan fingerprint density at radius 3 is 2.58 bits per heavy atom. The van der Waals surface area contributed by atoms with E-state index in [4.69, 9.17) is 11.6 Å². The molecule has 0 radical (unpaired) electrons. The standard InChI is InChI=1S/C14H10Br2ClNO/c1-8-2-3-9(15)6-13(8)18-14(19)11-5-4-10(17)7-12(11)16/h2-7H,1H3,(H,18,19). The number of rotatable bonds is 2. The van der Waals surface area contributed by atoms with Gasteiger partial charge in [0.1, 0.15) is 0 Å². The van der Waals surface area contributed by atoms with E-state index in [1.807, 2.05) is 25.1 Å². The monoisotopic (exact) mass is 401 g/mol. The first-order valence-electron chi connectivity index (χ1n) is 5.50. The highest BCUT2D eigenvalue weighted by atomic mass is 79.9. The molecule has 0 atom stereocenters. The second-order valence-electron chi connectivity index (χ2n) is 4.04. The van der Waals surface area contributed by atoms with Crippen molar-refractivity contribution in [1.82, 2.24) is 0 Å². The van der Waals surface area contributed by atoms with Crippen LogP contribution in [0, 0.1) is 6.92 Å². The first kappa shape index (κ1) is 14.6. The van der Waals surface area contributed by atoms with Crippen LogP contribution in [0.15, 0.2) is 45.3 Å². The molecule has 2 nitrogen and oxygen atoms in total. The minimum Gasteiger partial charge on any atom is -0.322 e. The van der Waals surface area contributed by atoms with Gasteiger partial charge < -0.3 is 5.32 Å². The maximum absolute atomic E-state index is 12.2. The lowest BCUT2D eigenvalue weighted by atomic mass is 10.1. The Labute approximate surface area is 133 Å². The van der Waals surface area contributed by atoms with Crippen molar-refractivity contribution in [2.24, 2.45) is 0 Å². The number of nitrogens with one attached hydrogen (secondary N) is 1. The van der Waals surface area contributed by atoms with Crippen molar-refractivity contribution in [3.63, 3.8) is 0 Å². The fraction of sp³-hybridized carbons (Fsp3) is 0.0714. The Hall–Kier alpha value is -0.840. The lowest BCUT2D eigenvalue weighted by Gasteiger charge is -2.10. The van der Waals surface area contributed by atoms with Gasteiger partial charge >= 0.3 is 0 Å². The normalized spacial score (nSPS) is 10.3. The smallest absolute Gasteiger partial charge is 0.256 e. The fourth-order valence-corrected chi connectivity index (χ4v) is 2.82. The van der Waals surface area contributed by atoms with Gasteiger partial charge in [0.25, 0.3) is 5.91 Å². The molecule has 0 aliphatic heterocycles. The van der Waals surface area contributed by atoms with Crippen molar-refractivity contribution in [2.45, 2.75) is 6.92 Å². The Bertz CT molecular complexity index is 643. The summed E-state index contributed by atoms with van der Waals surface area (Å²) in [4.78, 5) is 12.2. The molecule has 0 heterocycles. The van der Waals surface area contributed by atoms with E-state index in [2.05, 4.69) is 37.2 Å². The van der Waals surface area contributed by atoms with Crippen molar-refractivity contribution in [3.05, 3.63) is 61.5 Å². The van der Waals surface area contributed by atoms with E-state index in [9.17, 15) is 4.79 Å². The minimum atomic E-state index is -0.176. The molecule has 98 valence electrons. The predicted octanol–water partition coefficient (Wildman–Crippen LogP) is 5.43. The molecule has 0 bridgehead atoms. The summed E-state index contributed by atoms with van der Waals surface area (Å²) in [6.07, 6.45) is 0. The quantitative estimate of drug-likeness (QED) is 0.712. The summed E-state index contributed by atoms with van der Waals surface area (Å²) in [6, 6.07) is 10.8. The maximum Gasteiger partial charge on any atom is 0.256 e. The minimum absolute atomic E-state index is 0.176. The molecule has 0 spiro atoms. The summed E-state index contributed by atoms with van der Waals surface area (Å²) in [5.41, 5.74) is 2.33. The maximum atomic E-state index is 12.2. The van der Waals surface area contributed by atoms with Gasteiger partial charge in [-0.1, -0.05) is 33.6 Å². The Balaban J connectivity index is 2.28. The van der Waals surface area contributed by atoms with Gasteiger partial charge in [-0.05, 0) is 58.7 Å². The highest BCUT2D eigenvalue weighted by Gasteiger charge is 2.11. The van der Waals surface area contributed by atoms with E-state index >= 15 is 0 Å². The molecule has 1 amide bonds. The number of amides is 1. The molecular weight excluding hydrogens is 393 g/mol. The third-order valence-corrected chi connectivity index (χ3v) is 4.01. The molecule has 5 heteroatoms. The third kappa shape index (κ3) is 3.59. The average molecular weight is 404 g/mol. The Morgan fingerprint density at radius 2 is 1.89 bits per heavy atom. The van der Waals surface area contributed by atoms with E-state index < -0.39 is 0 Å². The Morgan fingerprint density at radius 1 is 1.16 bits per heavy atom.